The average Bonchev–Trinajstić information content (AvgIpc) is 2.50. The second kappa shape index (κ2) is 7.20. The molecule has 0 spiro atoms. The van der Waals surface area contributed by atoms with Crippen LogP contribution in [-0.2, 0) is 11.2 Å². The van der Waals surface area contributed by atoms with E-state index in [9.17, 15) is 15.3 Å². The highest BCUT2D eigenvalue weighted by Gasteiger charge is 2.44. The van der Waals surface area contributed by atoms with Crippen LogP contribution in [0.3, 0.4) is 0 Å². The number of hydrogen-bond donors (Lipinski definition) is 4. The first-order valence-corrected chi connectivity index (χ1v) is 7.13. The molecule has 2 rings (SSSR count). The number of rotatable bonds is 5. The maximum atomic E-state index is 9.88. The summed E-state index contributed by atoms with van der Waals surface area (Å²) in [6, 6.07) is 7.35. The summed E-state index contributed by atoms with van der Waals surface area (Å²) in [5.41, 5.74) is 1.18. The average molecular weight is 298 g/mol. The standard InChI is InChI=1S/C15H22O6/c1-2-3-9-4-6-10(7-5-9)20-15-14(19)13(18)12(17)11(8-16)21-15/h4-7,11-19H,2-3,8H2,1H3/t11-,12-,13+,14+,15+/m1/s1. The van der Waals surface area contributed by atoms with Crippen molar-refractivity contribution in [1.29, 1.82) is 0 Å². The van der Waals surface area contributed by atoms with E-state index in [4.69, 9.17) is 14.6 Å². The first-order valence-electron chi connectivity index (χ1n) is 7.13. The highest BCUT2D eigenvalue weighted by atomic mass is 16.7. The van der Waals surface area contributed by atoms with Gasteiger partial charge in [-0.25, -0.2) is 0 Å². The van der Waals surface area contributed by atoms with Crippen molar-refractivity contribution in [3.8, 4) is 5.75 Å². The minimum absolute atomic E-state index is 0.472. The van der Waals surface area contributed by atoms with Crippen LogP contribution in [0.2, 0.25) is 0 Å². The van der Waals surface area contributed by atoms with Gasteiger partial charge in [0.05, 0.1) is 6.61 Å². The molecule has 6 heteroatoms. The SMILES string of the molecule is CCCc1ccc(O[C@H]2O[C@H](CO)[C@@H](O)[C@H](O)[C@@H]2O)cc1. The van der Waals surface area contributed by atoms with Crippen molar-refractivity contribution < 1.29 is 29.9 Å². The Balaban J connectivity index is 2.03. The van der Waals surface area contributed by atoms with E-state index in [0.717, 1.165) is 12.8 Å². The van der Waals surface area contributed by atoms with Gasteiger partial charge in [0.2, 0.25) is 6.29 Å². The third-order valence-electron chi connectivity index (χ3n) is 3.56. The Morgan fingerprint density at radius 1 is 1.05 bits per heavy atom. The van der Waals surface area contributed by atoms with Crippen molar-refractivity contribution in [2.24, 2.45) is 0 Å². The van der Waals surface area contributed by atoms with Crippen LogP contribution >= 0.6 is 0 Å². The Bertz CT molecular complexity index is 432. The van der Waals surface area contributed by atoms with Crippen molar-refractivity contribution in [3.63, 3.8) is 0 Å². The van der Waals surface area contributed by atoms with Gasteiger partial charge in [0, 0.05) is 0 Å². The summed E-state index contributed by atoms with van der Waals surface area (Å²) < 4.78 is 10.8. The van der Waals surface area contributed by atoms with Gasteiger partial charge < -0.3 is 29.9 Å². The Morgan fingerprint density at radius 2 is 1.71 bits per heavy atom. The minimum Gasteiger partial charge on any atom is -0.462 e. The lowest BCUT2D eigenvalue weighted by molar-refractivity contribution is -0.277. The van der Waals surface area contributed by atoms with Crippen molar-refractivity contribution in [2.75, 3.05) is 6.61 Å². The molecule has 21 heavy (non-hydrogen) atoms. The molecule has 1 aromatic carbocycles. The summed E-state index contributed by atoms with van der Waals surface area (Å²) in [4.78, 5) is 0. The topological polar surface area (TPSA) is 99.4 Å². The molecule has 5 atom stereocenters. The van der Waals surface area contributed by atoms with Crippen molar-refractivity contribution in [2.45, 2.75) is 50.5 Å². The molecule has 0 saturated carbocycles. The molecule has 0 bridgehead atoms. The summed E-state index contributed by atoms with van der Waals surface area (Å²) in [5, 5.41) is 38.4. The third-order valence-corrected chi connectivity index (χ3v) is 3.56. The van der Waals surface area contributed by atoms with Gasteiger partial charge in [-0.1, -0.05) is 25.5 Å². The molecule has 0 aliphatic carbocycles. The number of benzene rings is 1. The smallest absolute Gasteiger partial charge is 0.229 e. The lowest BCUT2D eigenvalue weighted by atomic mass is 9.99. The van der Waals surface area contributed by atoms with Crippen LogP contribution in [0.5, 0.6) is 5.75 Å². The van der Waals surface area contributed by atoms with Crippen molar-refractivity contribution >= 4 is 0 Å². The summed E-state index contributed by atoms with van der Waals surface area (Å²) in [6.45, 7) is 1.62. The van der Waals surface area contributed by atoms with E-state index >= 15 is 0 Å². The molecule has 1 fully saturated rings. The molecule has 0 radical (unpaired) electrons. The maximum absolute atomic E-state index is 9.88. The van der Waals surface area contributed by atoms with E-state index in [0.29, 0.717) is 5.75 Å². The van der Waals surface area contributed by atoms with Gasteiger partial charge in [-0.05, 0) is 24.1 Å². The summed E-state index contributed by atoms with van der Waals surface area (Å²) >= 11 is 0. The fourth-order valence-electron chi connectivity index (χ4n) is 2.32. The van der Waals surface area contributed by atoms with Gasteiger partial charge >= 0.3 is 0 Å². The van der Waals surface area contributed by atoms with Crippen molar-refractivity contribution in [3.05, 3.63) is 29.8 Å². The van der Waals surface area contributed by atoms with Crippen LogP contribution in [-0.4, -0.2) is 57.7 Å². The minimum atomic E-state index is -1.43. The molecule has 0 unspecified atom stereocenters. The summed E-state index contributed by atoms with van der Waals surface area (Å²) in [5.74, 6) is 0.485. The van der Waals surface area contributed by atoms with Gasteiger partial charge in [0.15, 0.2) is 0 Å². The first kappa shape index (κ1) is 16.2. The fraction of sp³-hybridized carbons (Fsp3) is 0.600. The van der Waals surface area contributed by atoms with Gasteiger partial charge in [0.25, 0.3) is 0 Å². The second-order valence-electron chi connectivity index (χ2n) is 5.21. The summed E-state index contributed by atoms with van der Waals surface area (Å²) in [6.07, 6.45) is -4.28. The predicted octanol–water partition coefficient (Wildman–Crippen LogP) is -0.182. The highest BCUT2D eigenvalue weighted by molar-refractivity contribution is 5.27. The van der Waals surface area contributed by atoms with Crippen molar-refractivity contribution in [1.82, 2.24) is 0 Å². The Labute approximate surface area is 123 Å². The van der Waals surface area contributed by atoms with E-state index in [1.54, 1.807) is 12.1 Å². The maximum Gasteiger partial charge on any atom is 0.229 e. The zero-order valence-corrected chi connectivity index (χ0v) is 11.9. The fourth-order valence-corrected chi connectivity index (χ4v) is 2.32. The molecule has 0 amide bonds. The molecule has 1 aromatic rings. The first-order chi connectivity index (χ1) is 10.1. The summed E-state index contributed by atoms with van der Waals surface area (Å²) in [7, 11) is 0. The molecule has 1 heterocycles. The lowest BCUT2D eigenvalue weighted by Crippen LogP contribution is -2.60. The quantitative estimate of drug-likeness (QED) is 0.602. The van der Waals surface area contributed by atoms with Crippen LogP contribution in [0.25, 0.3) is 0 Å². The molecule has 6 nitrogen and oxygen atoms in total. The number of aryl methyl sites for hydroxylation is 1. The van der Waals surface area contributed by atoms with Gasteiger partial charge in [-0.2, -0.15) is 0 Å². The Kier molecular flexibility index (Phi) is 5.55. The normalized spacial score (nSPS) is 32.9. The molecule has 1 aliphatic rings. The van der Waals surface area contributed by atoms with E-state index in [1.807, 2.05) is 12.1 Å². The molecule has 1 saturated heterocycles. The second-order valence-corrected chi connectivity index (χ2v) is 5.21. The van der Waals surface area contributed by atoms with E-state index in [1.165, 1.54) is 5.56 Å². The molecular weight excluding hydrogens is 276 g/mol. The van der Waals surface area contributed by atoms with Gasteiger partial charge in [-0.15, -0.1) is 0 Å². The number of hydrogen-bond acceptors (Lipinski definition) is 6. The lowest BCUT2D eigenvalue weighted by Gasteiger charge is -2.39. The van der Waals surface area contributed by atoms with Crippen LogP contribution in [0.1, 0.15) is 18.9 Å². The molecule has 118 valence electrons. The largest absolute Gasteiger partial charge is 0.462 e. The predicted molar refractivity (Wildman–Crippen MR) is 74.8 cm³/mol. The van der Waals surface area contributed by atoms with Crippen LogP contribution in [0, 0.1) is 0 Å². The van der Waals surface area contributed by atoms with E-state index in [2.05, 4.69) is 6.92 Å². The number of aliphatic hydroxyl groups excluding tert-OH is 4. The van der Waals surface area contributed by atoms with Crippen LogP contribution in [0.15, 0.2) is 24.3 Å². The zero-order valence-electron chi connectivity index (χ0n) is 11.9. The monoisotopic (exact) mass is 298 g/mol. The van der Waals surface area contributed by atoms with E-state index < -0.39 is 37.3 Å². The molecular formula is C15H22O6. The van der Waals surface area contributed by atoms with Gasteiger partial charge in [-0.3, -0.25) is 0 Å². The third kappa shape index (κ3) is 3.72. The zero-order chi connectivity index (χ0) is 15.4. The number of ether oxygens (including phenoxy) is 2. The molecule has 0 aromatic heterocycles. The molecule has 4 N–H and O–H groups in total. The molecule has 1 aliphatic heterocycles. The van der Waals surface area contributed by atoms with Gasteiger partial charge in [0.1, 0.15) is 30.2 Å². The number of aliphatic hydroxyl groups is 4. The Morgan fingerprint density at radius 3 is 2.29 bits per heavy atom. The van der Waals surface area contributed by atoms with E-state index in [-0.39, 0.29) is 0 Å². The Hall–Kier alpha value is -1.18. The van der Waals surface area contributed by atoms with Crippen LogP contribution in [0.4, 0.5) is 0 Å². The van der Waals surface area contributed by atoms with Crippen LogP contribution < -0.4 is 4.74 Å². The highest BCUT2D eigenvalue weighted by Crippen LogP contribution is 2.24.